The SMILES string of the molecule is Cc1nc(C(C#N)N2CCN(C)CC2)c(C)n1C. The van der Waals surface area contributed by atoms with Crippen molar-refractivity contribution in [2.24, 2.45) is 7.05 Å². The van der Waals surface area contributed by atoms with Gasteiger partial charge in [-0.05, 0) is 20.9 Å². The number of aromatic nitrogens is 2. The van der Waals surface area contributed by atoms with Crippen molar-refractivity contribution in [3.8, 4) is 6.07 Å². The van der Waals surface area contributed by atoms with Gasteiger partial charge in [-0.25, -0.2) is 4.98 Å². The molecule has 5 nitrogen and oxygen atoms in total. The molecule has 1 aliphatic heterocycles. The monoisotopic (exact) mass is 247 g/mol. The molecule has 0 spiro atoms. The Kier molecular flexibility index (Phi) is 3.69. The summed E-state index contributed by atoms with van der Waals surface area (Å²) in [6.45, 7) is 7.92. The molecule has 0 amide bonds. The van der Waals surface area contributed by atoms with Gasteiger partial charge in [-0.3, -0.25) is 4.90 Å². The molecule has 2 heterocycles. The van der Waals surface area contributed by atoms with Gasteiger partial charge in [0, 0.05) is 38.9 Å². The summed E-state index contributed by atoms with van der Waals surface area (Å²) in [5.41, 5.74) is 2.01. The first-order valence-corrected chi connectivity index (χ1v) is 6.36. The minimum atomic E-state index is -0.210. The number of imidazole rings is 1. The van der Waals surface area contributed by atoms with E-state index in [1.807, 2.05) is 20.9 Å². The van der Waals surface area contributed by atoms with Crippen LogP contribution in [0.3, 0.4) is 0 Å². The number of rotatable bonds is 2. The Hall–Kier alpha value is -1.38. The third-order valence-electron chi connectivity index (χ3n) is 3.93. The highest BCUT2D eigenvalue weighted by Gasteiger charge is 2.27. The Balaban J connectivity index is 2.23. The molecule has 1 aromatic rings. The Morgan fingerprint density at radius 2 is 1.78 bits per heavy atom. The lowest BCUT2D eigenvalue weighted by Gasteiger charge is -2.34. The molecule has 0 saturated carbocycles. The number of nitriles is 1. The van der Waals surface area contributed by atoms with Crippen LogP contribution in [0, 0.1) is 25.2 Å². The largest absolute Gasteiger partial charge is 0.335 e. The molecule has 5 heteroatoms. The lowest BCUT2D eigenvalue weighted by Crippen LogP contribution is -2.45. The summed E-state index contributed by atoms with van der Waals surface area (Å²) in [6, 6.07) is 2.21. The van der Waals surface area contributed by atoms with Crippen molar-refractivity contribution in [3.05, 3.63) is 17.2 Å². The molecule has 0 aromatic carbocycles. The van der Waals surface area contributed by atoms with Crippen LogP contribution in [0.15, 0.2) is 0 Å². The van der Waals surface area contributed by atoms with E-state index >= 15 is 0 Å². The van der Waals surface area contributed by atoms with Crippen LogP contribution in [-0.2, 0) is 7.05 Å². The summed E-state index contributed by atoms with van der Waals surface area (Å²) in [6.07, 6.45) is 0. The van der Waals surface area contributed by atoms with Crippen LogP contribution < -0.4 is 0 Å². The minimum absolute atomic E-state index is 0.210. The van der Waals surface area contributed by atoms with Crippen molar-refractivity contribution < 1.29 is 0 Å². The molecule has 18 heavy (non-hydrogen) atoms. The summed E-state index contributed by atoms with van der Waals surface area (Å²) in [4.78, 5) is 9.08. The summed E-state index contributed by atoms with van der Waals surface area (Å²) >= 11 is 0. The Morgan fingerprint density at radius 1 is 1.17 bits per heavy atom. The van der Waals surface area contributed by atoms with Gasteiger partial charge in [0.05, 0.1) is 11.8 Å². The molecule has 1 unspecified atom stereocenters. The maximum absolute atomic E-state index is 9.47. The van der Waals surface area contributed by atoms with Gasteiger partial charge < -0.3 is 9.47 Å². The predicted octanol–water partition coefficient (Wildman–Crippen LogP) is 0.849. The normalized spacial score (nSPS) is 19.7. The van der Waals surface area contributed by atoms with Gasteiger partial charge in [-0.2, -0.15) is 5.26 Å². The molecule has 1 saturated heterocycles. The lowest BCUT2D eigenvalue weighted by atomic mass is 10.1. The molecule has 1 aliphatic rings. The van der Waals surface area contributed by atoms with Crippen LogP contribution in [0.25, 0.3) is 0 Å². The molecule has 1 atom stereocenters. The highest BCUT2D eigenvalue weighted by molar-refractivity contribution is 5.24. The van der Waals surface area contributed by atoms with Crippen LogP contribution in [0.1, 0.15) is 23.3 Å². The van der Waals surface area contributed by atoms with Crippen molar-refractivity contribution in [1.29, 1.82) is 5.26 Å². The van der Waals surface area contributed by atoms with E-state index in [1.54, 1.807) is 0 Å². The van der Waals surface area contributed by atoms with E-state index in [0.29, 0.717) is 0 Å². The van der Waals surface area contributed by atoms with Crippen molar-refractivity contribution in [3.63, 3.8) is 0 Å². The maximum atomic E-state index is 9.47. The summed E-state index contributed by atoms with van der Waals surface area (Å²) in [5.74, 6) is 0.969. The second kappa shape index (κ2) is 5.09. The van der Waals surface area contributed by atoms with E-state index in [0.717, 1.165) is 43.4 Å². The summed E-state index contributed by atoms with van der Waals surface area (Å²) < 4.78 is 2.05. The topological polar surface area (TPSA) is 48.1 Å². The van der Waals surface area contributed by atoms with Crippen molar-refractivity contribution in [2.45, 2.75) is 19.9 Å². The van der Waals surface area contributed by atoms with E-state index in [-0.39, 0.29) is 6.04 Å². The molecule has 0 N–H and O–H groups in total. The Labute approximate surface area is 109 Å². The highest BCUT2D eigenvalue weighted by Crippen LogP contribution is 2.23. The van der Waals surface area contributed by atoms with Crippen LogP contribution >= 0.6 is 0 Å². The standard InChI is InChI=1S/C13H21N5/c1-10-13(15-11(2)17(10)4)12(9-14)18-7-5-16(3)6-8-18/h12H,5-8H2,1-4H3. The van der Waals surface area contributed by atoms with E-state index in [9.17, 15) is 5.26 Å². The van der Waals surface area contributed by atoms with Gasteiger partial charge in [0.15, 0.2) is 0 Å². The van der Waals surface area contributed by atoms with Gasteiger partial charge in [0.2, 0.25) is 0 Å². The van der Waals surface area contributed by atoms with E-state index in [4.69, 9.17) is 0 Å². The fourth-order valence-corrected chi connectivity index (χ4v) is 2.40. The molecular formula is C13H21N5. The van der Waals surface area contributed by atoms with Crippen LogP contribution in [0.4, 0.5) is 0 Å². The Morgan fingerprint density at radius 3 is 2.22 bits per heavy atom. The van der Waals surface area contributed by atoms with Crippen LogP contribution in [0.2, 0.25) is 0 Å². The van der Waals surface area contributed by atoms with Gasteiger partial charge in [0.25, 0.3) is 0 Å². The number of hydrogen-bond donors (Lipinski definition) is 0. The number of hydrogen-bond acceptors (Lipinski definition) is 4. The maximum Gasteiger partial charge on any atom is 0.142 e. The molecule has 1 aromatic heterocycles. The quantitative estimate of drug-likeness (QED) is 0.777. The van der Waals surface area contributed by atoms with E-state index in [2.05, 4.69) is 32.5 Å². The number of piperazine rings is 1. The van der Waals surface area contributed by atoms with Crippen LogP contribution in [0.5, 0.6) is 0 Å². The van der Waals surface area contributed by atoms with Crippen molar-refractivity contribution >= 4 is 0 Å². The first-order valence-electron chi connectivity index (χ1n) is 6.36. The zero-order chi connectivity index (χ0) is 13.3. The molecular weight excluding hydrogens is 226 g/mol. The fourth-order valence-electron chi connectivity index (χ4n) is 2.40. The van der Waals surface area contributed by atoms with Crippen molar-refractivity contribution in [1.82, 2.24) is 19.4 Å². The first kappa shape index (κ1) is 13.1. The lowest BCUT2D eigenvalue weighted by molar-refractivity contribution is 0.131. The van der Waals surface area contributed by atoms with E-state index < -0.39 is 0 Å². The molecule has 0 bridgehead atoms. The van der Waals surface area contributed by atoms with Gasteiger partial charge in [0.1, 0.15) is 11.9 Å². The summed E-state index contributed by atoms with van der Waals surface area (Å²) in [5, 5.41) is 9.47. The first-order chi connectivity index (χ1) is 8.54. The number of nitrogens with zero attached hydrogens (tertiary/aromatic N) is 5. The van der Waals surface area contributed by atoms with Crippen molar-refractivity contribution in [2.75, 3.05) is 33.2 Å². The average molecular weight is 247 g/mol. The summed E-state index contributed by atoms with van der Waals surface area (Å²) in [7, 11) is 4.12. The number of likely N-dealkylation sites (N-methyl/N-ethyl adjacent to an activating group) is 1. The highest BCUT2D eigenvalue weighted by atomic mass is 15.3. The molecule has 98 valence electrons. The molecule has 0 radical (unpaired) electrons. The zero-order valence-corrected chi connectivity index (χ0v) is 11.6. The zero-order valence-electron chi connectivity index (χ0n) is 11.6. The molecule has 2 rings (SSSR count). The fraction of sp³-hybridized carbons (Fsp3) is 0.692. The minimum Gasteiger partial charge on any atom is -0.335 e. The predicted molar refractivity (Wildman–Crippen MR) is 70.1 cm³/mol. The third-order valence-corrected chi connectivity index (χ3v) is 3.93. The molecule has 1 fully saturated rings. The van der Waals surface area contributed by atoms with Gasteiger partial charge in [-0.1, -0.05) is 0 Å². The van der Waals surface area contributed by atoms with Gasteiger partial charge >= 0.3 is 0 Å². The second-order valence-electron chi connectivity index (χ2n) is 5.06. The smallest absolute Gasteiger partial charge is 0.142 e. The van der Waals surface area contributed by atoms with Gasteiger partial charge in [-0.15, -0.1) is 0 Å². The number of aryl methyl sites for hydroxylation is 1. The second-order valence-corrected chi connectivity index (χ2v) is 5.06. The van der Waals surface area contributed by atoms with E-state index in [1.165, 1.54) is 0 Å². The third kappa shape index (κ3) is 2.26. The molecule has 0 aliphatic carbocycles. The average Bonchev–Trinajstić information content (AvgIpc) is 2.61. The van der Waals surface area contributed by atoms with Crippen LogP contribution in [-0.4, -0.2) is 52.6 Å². The Bertz CT molecular complexity index is 462.